The number of aliphatic imine (C=N–C) groups is 1. The van der Waals surface area contributed by atoms with Gasteiger partial charge < -0.3 is 56.8 Å². The molecule has 0 spiro atoms. The number of benzene rings is 6. The van der Waals surface area contributed by atoms with Crippen LogP contribution < -0.4 is 15.1 Å². The maximum Gasteiger partial charge on any atom is 0.407 e. The fraction of sp³-hybridized carbons (Fsp3) is 0.274. The molecule has 3 N–H and O–H groups in total. The van der Waals surface area contributed by atoms with E-state index in [0.29, 0.717) is 75.1 Å². The van der Waals surface area contributed by atoms with E-state index in [1.807, 2.05) is 166 Å². The van der Waals surface area contributed by atoms with E-state index in [-0.39, 0.29) is 47.5 Å². The molecule has 0 aliphatic carbocycles. The number of hydrogen-bond donors (Lipinski definition) is 3. The Morgan fingerprint density at radius 3 is 1.29 bits per heavy atom. The van der Waals surface area contributed by atoms with Crippen molar-refractivity contribution in [1.29, 1.82) is 0 Å². The Labute approximate surface area is 642 Å². The van der Waals surface area contributed by atoms with Crippen molar-refractivity contribution in [2.45, 2.75) is 99.1 Å². The summed E-state index contributed by atoms with van der Waals surface area (Å²) in [4.78, 5) is 111. The number of carbonyl (C=O) groups excluding carboxylic acids is 7. The molecule has 111 heavy (non-hydrogen) atoms. The summed E-state index contributed by atoms with van der Waals surface area (Å²) < 4.78 is 33.4. The molecule has 27 heteroatoms. The fourth-order valence-corrected chi connectivity index (χ4v) is 11.1. The molecule has 2 fully saturated rings. The predicted octanol–water partition coefficient (Wildman–Crippen LogP) is 16.4. The zero-order valence-corrected chi connectivity index (χ0v) is 63.8. The molecule has 12 aromatic rings. The monoisotopic (exact) mass is 1500 g/mol. The Balaban J connectivity index is 0.000000158. The van der Waals surface area contributed by atoms with Gasteiger partial charge in [-0.3, -0.25) is 29.1 Å². The largest absolute Gasteiger partial charge is 0.490 e. The van der Waals surface area contributed by atoms with Crippen molar-refractivity contribution < 1.29 is 65.5 Å². The average Bonchev–Trinajstić information content (AvgIpc) is 1.65. The third-order valence-electron chi connectivity index (χ3n) is 16.5. The number of Topliss-reactive ketones (excluding diaryl/α,β-unsaturated/α-hetero) is 2. The van der Waals surface area contributed by atoms with Crippen LogP contribution in [-0.4, -0.2) is 151 Å². The zero-order valence-electron chi connectivity index (χ0n) is 63.8. The third kappa shape index (κ3) is 23.3. The molecule has 0 atom stereocenters. The molecule has 8 heterocycles. The quantitative estimate of drug-likeness (QED) is 0.0487. The molecule has 0 bridgehead atoms. The molecule has 27 nitrogen and oxygen atoms in total. The minimum atomic E-state index is -0.555. The van der Waals surface area contributed by atoms with E-state index >= 15 is 0 Å². The number of oxazole rings is 5. The summed E-state index contributed by atoms with van der Waals surface area (Å²) in [5, 5.41) is 19.5. The number of nitrogens with zero attached hydrogens (tertiary/aromatic N) is 11. The van der Waals surface area contributed by atoms with E-state index in [9.17, 15) is 38.7 Å². The van der Waals surface area contributed by atoms with Gasteiger partial charge in [0.25, 0.3) is 23.6 Å². The van der Waals surface area contributed by atoms with Gasteiger partial charge in [-0.05, 0) is 152 Å². The summed E-state index contributed by atoms with van der Waals surface area (Å²) >= 11 is 0. The molecular weight excluding hydrogens is 1420 g/mol. The van der Waals surface area contributed by atoms with E-state index in [1.54, 1.807) is 84.5 Å². The molecule has 14 rings (SSSR count). The highest BCUT2D eigenvalue weighted by Crippen LogP contribution is 2.37. The number of aromatic hydroxyl groups is 1. The van der Waals surface area contributed by atoms with Crippen LogP contribution in [0.1, 0.15) is 143 Å². The molecule has 4 amide bonds. The summed E-state index contributed by atoms with van der Waals surface area (Å²) in [5.74, 6) is 3.65. The van der Waals surface area contributed by atoms with Crippen LogP contribution in [-0.2, 0) is 16.1 Å². The van der Waals surface area contributed by atoms with Gasteiger partial charge in [0, 0.05) is 102 Å². The number of ketones is 2. The first-order chi connectivity index (χ1) is 53.4. The van der Waals surface area contributed by atoms with Crippen molar-refractivity contribution in [3.63, 3.8) is 0 Å². The van der Waals surface area contributed by atoms with Crippen molar-refractivity contribution >= 4 is 53.1 Å². The van der Waals surface area contributed by atoms with Crippen molar-refractivity contribution in [3.05, 3.63) is 234 Å². The Kier molecular flexibility index (Phi) is 29.0. The molecule has 0 radical (unpaired) electrons. The second-order valence-corrected chi connectivity index (χ2v) is 26.8. The van der Waals surface area contributed by atoms with Gasteiger partial charge in [0.15, 0.2) is 28.9 Å². The lowest BCUT2D eigenvalue weighted by Gasteiger charge is -2.27. The molecule has 574 valence electrons. The van der Waals surface area contributed by atoms with Crippen molar-refractivity contribution in [2.75, 3.05) is 64.2 Å². The Morgan fingerprint density at radius 1 is 0.505 bits per heavy atom. The standard InChI is InChI=1S/C23H29N5O3.C17H21N3O2.C13H14N2O2.C12H11NO2.C11H9NO3.C8H5NO2/c1-23(2,3)31-22(29)24-15-17-14-18(27-26-17)19-20(28-12-8-5-9-13-28)25-21(30-19)16-10-6-4-7-11-16;1-19(2)17(21)14-15(20-11-7-4-8-12-20)18-16(22-14)13-9-5-3-6-10-13;1-9-11(13(16)15(2)3)17-12(14-9)10-7-5-4-6-8-10;1-8-11(9(2)14)15-12(13-8)10-6-4-3-5-7-10;1-7(13)9-10(14)12-11(15-9)8-5-3-2-4-6-8;10-6-9-8(11)7-4-2-1-3-5-7/h4,6-7,10-11,14H,5,8-9,12-13,15H2,1-3H3,(H,24,29)(H,26,27);3,5-6,9-10H,4,7-8,11-12H2,1-2H3;4-8H,1-3H3;3-7H,1-2H3;2-6,14H,1H3;1-5H. The van der Waals surface area contributed by atoms with Gasteiger partial charge in [-0.25, -0.2) is 19.6 Å². The van der Waals surface area contributed by atoms with E-state index in [0.717, 1.165) is 91.2 Å². The number of aromatic nitrogens is 7. The van der Waals surface area contributed by atoms with E-state index < -0.39 is 17.6 Å². The number of rotatable bonds is 15. The first-order valence-electron chi connectivity index (χ1n) is 35.9. The minimum Gasteiger partial charge on any atom is -0.490 e. The van der Waals surface area contributed by atoms with E-state index in [1.165, 1.54) is 42.6 Å². The van der Waals surface area contributed by atoms with Crippen LogP contribution in [0, 0.1) is 13.8 Å². The van der Waals surface area contributed by atoms with Gasteiger partial charge in [0.1, 0.15) is 11.3 Å². The van der Waals surface area contributed by atoms with Crippen molar-refractivity contribution in [3.8, 4) is 74.6 Å². The SMILES string of the molecule is CC(=O)c1oc(-c2ccccc2)nc1C.CC(=O)c1oc(-c2ccccc2)nc1O.CC(C)(C)OC(=O)NCc1cc(-c2oc(-c3ccccc3)nc2N2CCCCC2)n[nH]1.CN(C)C(=O)c1oc(-c2ccccc2)nc1N1CCCCC1.Cc1nc(-c2ccccc2)oc1C(=O)N(C)C.O=C=NC(=O)c1ccccc1. The van der Waals surface area contributed by atoms with Crippen LogP contribution in [0.2, 0.25) is 0 Å². The number of amides is 4. The summed E-state index contributed by atoms with van der Waals surface area (Å²) in [7, 11) is 6.83. The average molecular weight is 1500 g/mol. The molecular formula is C84H89N13O14. The summed E-state index contributed by atoms with van der Waals surface area (Å²) in [6.45, 7) is 15.8. The van der Waals surface area contributed by atoms with E-state index in [2.05, 4.69) is 50.2 Å². The normalized spacial score (nSPS) is 12.2. The van der Waals surface area contributed by atoms with Crippen LogP contribution in [0.15, 0.2) is 215 Å². The van der Waals surface area contributed by atoms with Crippen LogP contribution in [0.5, 0.6) is 5.88 Å². The lowest BCUT2D eigenvalue weighted by atomic mass is 10.1. The molecule has 2 aliphatic rings. The number of anilines is 2. The second-order valence-electron chi connectivity index (χ2n) is 26.8. The summed E-state index contributed by atoms with van der Waals surface area (Å²) in [6, 6.07) is 57.9. The predicted molar refractivity (Wildman–Crippen MR) is 419 cm³/mol. The number of aryl methyl sites for hydroxylation is 2. The van der Waals surface area contributed by atoms with E-state index in [4.69, 9.17) is 31.8 Å². The Bertz CT molecular complexity index is 4970. The summed E-state index contributed by atoms with van der Waals surface area (Å²) in [6.07, 6.45) is 7.72. The Morgan fingerprint density at radius 2 is 0.874 bits per heavy atom. The number of hydrogen-bond acceptors (Lipinski definition) is 22. The minimum absolute atomic E-state index is 0.0952. The number of nitrogens with one attached hydrogen (secondary N) is 2. The van der Waals surface area contributed by atoms with Crippen LogP contribution in [0.25, 0.3) is 68.7 Å². The lowest BCUT2D eigenvalue weighted by Crippen LogP contribution is -2.32. The smallest absolute Gasteiger partial charge is 0.407 e. The van der Waals surface area contributed by atoms with Gasteiger partial charge in [-0.2, -0.15) is 20.1 Å². The highest BCUT2D eigenvalue weighted by Gasteiger charge is 2.29. The summed E-state index contributed by atoms with van der Waals surface area (Å²) in [5.41, 5.74) is 6.81. The topological polar surface area (TPSA) is 345 Å². The number of isocyanates is 1. The fourth-order valence-electron chi connectivity index (χ4n) is 11.1. The van der Waals surface area contributed by atoms with Gasteiger partial charge in [0.2, 0.25) is 58.6 Å². The molecule has 6 aromatic heterocycles. The Hall–Kier alpha value is -13.4. The molecule has 2 aliphatic heterocycles. The van der Waals surface area contributed by atoms with Crippen molar-refractivity contribution in [1.82, 2.24) is 50.2 Å². The number of ether oxygens (including phenoxy) is 1. The number of aromatic amines is 1. The van der Waals surface area contributed by atoms with Gasteiger partial charge in [-0.1, -0.05) is 109 Å². The van der Waals surface area contributed by atoms with Crippen LogP contribution in [0.4, 0.5) is 16.4 Å². The van der Waals surface area contributed by atoms with Gasteiger partial charge in [0.05, 0.1) is 23.6 Å². The maximum atomic E-state index is 12.4. The first kappa shape index (κ1) is 81.7. The number of H-pyrrole nitrogens is 1. The number of carbonyl (C=O) groups is 6. The molecule has 2 saturated heterocycles. The maximum absolute atomic E-state index is 12.4. The number of alkyl carbamates (subject to hydrolysis) is 1. The highest BCUT2D eigenvalue weighted by atomic mass is 16.6. The van der Waals surface area contributed by atoms with Gasteiger partial charge >= 0.3 is 6.09 Å². The first-order valence-corrected chi connectivity index (χ1v) is 35.9. The highest BCUT2D eigenvalue weighted by molar-refractivity contribution is 5.98. The van der Waals surface area contributed by atoms with Gasteiger partial charge in [-0.15, -0.1) is 4.99 Å². The third-order valence-corrected chi connectivity index (χ3v) is 16.5. The second kappa shape index (κ2) is 39.4. The molecule has 0 unspecified atom stereocenters. The van der Waals surface area contributed by atoms with Crippen LogP contribution in [0.3, 0.4) is 0 Å². The number of piperidine rings is 2. The molecule has 0 saturated carbocycles. The lowest BCUT2D eigenvalue weighted by molar-refractivity contribution is 0.0521. The van der Waals surface area contributed by atoms with Crippen LogP contribution >= 0.6 is 0 Å². The van der Waals surface area contributed by atoms with Crippen molar-refractivity contribution in [2.24, 2.45) is 4.99 Å². The molecule has 6 aromatic carbocycles. The zero-order chi connectivity index (χ0) is 79.6.